The smallest absolute Gasteiger partial charge is 0.245 e. The van der Waals surface area contributed by atoms with Gasteiger partial charge in [-0.2, -0.15) is 0 Å². The SMILES string of the molecule is N[C@H]1C(=O)N(Cc2ccccc2)C(c2ccccc2)=C[C@@H]1c1ccccc1. The van der Waals surface area contributed by atoms with Crippen molar-refractivity contribution >= 4 is 11.6 Å². The third kappa shape index (κ3) is 3.55. The van der Waals surface area contributed by atoms with Crippen molar-refractivity contribution in [2.45, 2.75) is 18.5 Å². The van der Waals surface area contributed by atoms with Gasteiger partial charge in [0.15, 0.2) is 0 Å². The number of nitrogens with zero attached hydrogens (tertiary/aromatic N) is 1. The number of nitrogens with two attached hydrogens (primary N) is 1. The first kappa shape index (κ1) is 17.3. The maximum atomic E-state index is 13.3. The Bertz CT molecular complexity index is 936. The van der Waals surface area contributed by atoms with Crippen molar-refractivity contribution in [3.63, 3.8) is 0 Å². The van der Waals surface area contributed by atoms with E-state index in [1.54, 1.807) is 0 Å². The lowest BCUT2D eigenvalue weighted by molar-refractivity contribution is -0.130. The van der Waals surface area contributed by atoms with Gasteiger partial charge in [-0.15, -0.1) is 0 Å². The van der Waals surface area contributed by atoms with Crippen LogP contribution < -0.4 is 5.73 Å². The monoisotopic (exact) mass is 354 g/mol. The zero-order valence-corrected chi connectivity index (χ0v) is 15.0. The Morgan fingerprint density at radius 1 is 0.778 bits per heavy atom. The van der Waals surface area contributed by atoms with Crippen LogP contribution in [0.15, 0.2) is 97.1 Å². The van der Waals surface area contributed by atoms with E-state index >= 15 is 0 Å². The van der Waals surface area contributed by atoms with Crippen LogP contribution in [-0.4, -0.2) is 16.8 Å². The van der Waals surface area contributed by atoms with Gasteiger partial charge in [0.1, 0.15) is 0 Å². The number of carbonyl (C=O) groups excluding carboxylic acids is 1. The molecule has 0 unspecified atom stereocenters. The van der Waals surface area contributed by atoms with E-state index in [1.807, 2.05) is 95.9 Å². The fourth-order valence-electron chi connectivity index (χ4n) is 3.58. The van der Waals surface area contributed by atoms with Crippen LogP contribution in [0.3, 0.4) is 0 Å². The van der Waals surface area contributed by atoms with Gasteiger partial charge in [-0.1, -0.05) is 97.1 Å². The summed E-state index contributed by atoms with van der Waals surface area (Å²) in [6.07, 6.45) is 2.14. The van der Waals surface area contributed by atoms with Crippen molar-refractivity contribution < 1.29 is 4.79 Å². The van der Waals surface area contributed by atoms with Gasteiger partial charge in [0.25, 0.3) is 0 Å². The van der Waals surface area contributed by atoms with Gasteiger partial charge in [-0.05, 0) is 16.7 Å². The van der Waals surface area contributed by atoms with E-state index in [0.29, 0.717) is 6.54 Å². The Balaban J connectivity index is 1.79. The van der Waals surface area contributed by atoms with Crippen LogP contribution in [0, 0.1) is 0 Å². The molecule has 0 fully saturated rings. The van der Waals surface area contributed by atoms with Crippen molar-refractivity contribution in [2.24, 2.45) is 5.73 Å². The zero-order valence-electron chi connectivity index (χ0n) is 15.0. The summed E-state index contributed by atoms with van der Waals surface area (Å²) in [7, 11) is 0. The van der Waals surface area contributed by atoms with Crippen LogP contribution >= 0.6 is 0 Å². The van der Waals surface area contributed by atoms with Gasteiger partial charge in [-0.25, -0.2) is 0 Å². The molecule has 3 heteroatoms. The Kier molecular flexibility index (Phi) is 4.86. The summed E-state index contributed by atoms with van der Waals surface area (Å²) in [4.78, 5) is 15.1. The van der Waals surface area contributed by atoms with E-state index in [-0.39, 0.29) is 11.8 Å². The molecule has 27 heavy (non-hydrogen) atoms. The second-order valence-corrected chi connectivity index (χ2v) is 6.79. The van der Waals surface area contributed by atoms with Gasteiger partial charge in [0.05, 0.1) is 12.6 Å². The molecule has 0 aliphatic carbocycles. The lowest BCUT2D eigenvalue weighted by Crippen LogP contribution is -2.48. The molecule has 2 N–H and O–H groups in total. The van der Waals surface area contributed by atoms with E-state index in [1.165, 1.54) is 0 Å². The van der Waals surface area contributed by atoms with E-state index in [9.17, 15) is 4.79 Å². The maximum Gasteiger partial charge on any atom is 0.245 e. The second-order valence-electron chi connectivity index (χ2n) is 6.79. The highest BCUT2D eigenvalue weighted by Crippen LogP contribution is 2.34. The summed E-state index contributed by atoms with van der Waals surface area (Å²) in [6, 6.07) is 29.5. The van der Waals surface area contributed by atoms with E-state index < -0.39 is 6.04 Å². The third-order valence-electron chi connectivity index (χ3n) is 5.00. The molecule has 3 aromatic carbocycles. The van der Waals surface area contributed by atoms with Gasteiger partial charge in [0.2, 0.25) is 5.91 Å². The molecule has 134 valence electrons. The highest BCUT2D eigenvalue weighted by molar-refractivity contribution is 5.94. The molecule has 3 nitrogen and oxygen atoms in total. The van der Waals surface area contributed by atoms with Gasteiger partial charge >= 0.3 is 0 Å². The molecule has 0 aromatic heterocycles. The average Bonchev–Trinajstić information content (AvgIpc) is 2.74. The summed E-state index contributed by atoms with van der Waals surface area (Å²) >= 11 is 0. The van der Waals surface area contributed by atoms with Gasteiger partial charge < -0.3 is 10.6 Å². The maximum absolute atomic E-state index is 13.3. The molecule has 0 spiro atoms. The van der Waals surface area contributed by atoms with Crippen LogP contribution in [0.4, 0.5) is 0 Å². The molecule has 1 heterocycles. The minimum Gasteiger partial charge on any atom is -0.319 e. The zero-order chi connectivity index (χ0) is 18.6. The first-order valence-corrected chi connectivity index (χ1v) is 9.17. The fraction of sp³-hybridized carbons (Fsp3) is 0.125. The molecule has 0 saturated carbocycles. The topological polar surface area (TPSA) is 46.3 Å². The van der Waals surface area contributed by atoms with E-state index in [2.05, 4.69) is 6.08 Å². The molecule has 4 rings (SSSR count). The number of rotatable bonds is 4. The third-order valence-corrected chi connectivity index (χ3v) is 5.00. The van der Waals surface area contributed by atoms with Gasteiger partial charge in [0, 0.05) is 11.6 Å². The van der Waals surface area contributed by atoms with Crippen molar-refractivity contribution in [2.75, 3.05) is 0 Å². The Morgan fingerprint density at radius 2 is 1.33 bits per heavy atom. The van der Waals surface area contributed by atoms with Crippen LogP contribution in [0.25, 0.3) is 5.70 Å². The first-order chi connectivity index (χ1) is 13.2. The number of amides is 1. The minimum atomic E-state index is -0.594. The Hall–Kier alpha value is -3.17. The van der Waals surface area contributed by atoms with Crippen molar-refractivity contribution in [3.05, 3.63) is 114 Å². The summed E-state index contributed by atoms with van der Waals surface area (Å²) in [5.41, 5.74) is 10.5. The summed E-state index contributed by atoms with van der Waals surface area (Å²) in [5.74, 6) is -0.185. The highest BCUT2D eigenvalue weighted by Gasteiger charge is 2.35. The Morgan fingerprint density at radius 3 is 1.96 bits per heavy atom. The standard InChI is InChI=1S/C24H22N2O/c25-23-21(19-12-6-2-7-13-19)16-22(20-14-8-3-9-15-20)26(24(23)27)17-18-10-4-1-5-11-18/h1-16,21,23H,17,25H2/t21-,23-/m1/s1. The first-order valence-electron chi connectivity index (χ1n) is 9.17. The minimum absolute atomic E-state index is 0.0472. The molecule has 0 radical (unpaired) electrons. The van der Waals surface area contributed by atoms with Gasteiger partial charge in [-0.3, -0.25) is 4.79 Å². The quantitative estimate of drug-likeness (QED) is 0.764. The van der Waals surface area contributed by atoms with Crippen molar-refractivity contribution in [1.82, 2.24) is 4.90 Å². The number of hydrogen-bond acceptors (Lipinski definition) is 2. The molecular weight excluding hydrogens is 332 g/mol. The number of carbonyl (C=O) groups is 1. The fourth-order valence-corrected chi connectivity index (χ4v) is 3.58. The van der Waals surface area contributed by atoms with E-state index in [0.717, 1.165) is 22.4 Å². The van der Waals surface area contributed by atoms with Crippen LogP contribution in [0.2, 0.25) is 0 Å². The predicted octanol–water partition coefficient (Wildman–Crippen LogP) is 4.18. The molecule has 1 aliphatic rings. The predicted molar refractivity (Wildman–Crippen MR) is 109 cm³/mol. The van der Waals surface area contributed by atoms with E-state index in [4.69, 9.17) is 5.73 Å². The number of hydrogen-bond donors (Lipinski definition) is 1. The molecule has 0 saturated heterocycles. The summed E-state index contributed by atoms with van der Waals surface area (Å²) in [5, 5.41) is 0. The molecule has 1 amide bonds. The highest BCUT2D eigenvalue weighted by atomic mass is 16.2. The normalized spacial score (nSPS) is 19.7. The number of benzene rings is 3. The lowest BCUT2D eigenvalue weighted by atomic mass is 9.85. The van der Waals surface area contributed by atoms with Crippen LogP contribution in [0.1, 0.15) is 22.6 Å². The lowest BCUT2D eigenvalue weighted by Gasteiger charge is -2.36. The largest absolute Gasteiger partial charge is 0.319 e. The molecule has 1 aliphatic heterocycles. The van der Waals surface area contributed by atoms with Crippen molar-refractivity contribution in [3.8, 4) is 0 Å². The average molecular weight is 354 g/mol. The summed E-state index contributed by atoms with van der Waals surface area (Å²) in [6.45, 7) is 0.510. The Labute approximate surface area is 159 Å². The van der Waals surface area contributed by atoms with Crippen molar-refractivity contribution in [1.29, 1.82) is 0 Å². The second kappa shape index (κ2) is 7.60. The molecular formula is C24H22N2O. The molecule has 3 aromatic rings. The molecule has 0 bridgehead atoms. The van der Waals surface area contributed by atoms with Crippen LogP contribution in [-0.2, 0) is 11.3 Å². The molecule has 2 atom stereocenters. The van der Waals surface area contributed by atoms with Crippen LogP contribution in [0.5, 0.6) is 0 Å². The summed E-state index contributed by atoms with van der Waals surface area (Å²) < 4.78 is 0.